The van der Waals surface area contributed by atoms with Crippen LogP contribution in [0.1, 0.15) is 38.7 Å². The van der Waals surface area contributed by atoms with E-state index in [0.29, 0.717) is 25.8 Å². The number of hydrogen-bond acceptors (Lipinski definition) is 6. The molecule has 0 aromatic heterocycles. The molecule has 1 saturated heterocycles. The average molecular weight is 407 g/mol. The minimum absolute atomic E-state index is 0. The number of carboxylic acid groups (broad SMARTS) is 1. The van der Waals surface area contributed by atoms with Gasteiger partial charge in [-0.15, -0.1) is 0 Å². The third-order valence-corrected chi connectivity index (χ3v) is 4.33. The summed E-state index contributed by atoms with van der Waals surface area (Å²) in [5.74, 6) is -1.21. The van der Waals surface area contributed by atoms with E-state index in [-0.39, 0.29) is 26.1 Å². The maximum absolute atomic E-state index is 12.8. The van der Waals surface area contributed by atoms with E-state index in [1.807, 2.05) is 44.2 Å². The van der Waals surface area contributed by atoms with Crippen molar-refractivity contribution in [2.75, 3.05) is 6.54 Å². The van der Waals surface area contributed by atoms with Crippen LogP contribution in [0.5, 0.6) is 0 Å². The molecule has 0 saturated carbocycles. The number of alkyl carbamates (subject to hydrolysis) is 1. The summed E-state index contributed by atoms with van der Waals surface area (Å²) in [5, 5.41) is 25.9. The van der Waals surface area contributed by atoms with Gasteiger partial charge in [0.15, 0.2) is 0 Å². The Hall–Kier alpha value is -2.59. The van der Waals surface area contributed by atoms with Crippen LogP contribution in [0.25, 0.3) is 0 Å². The monoisotopic (exact) mass is 407 g/mol. The van der Waals surface area contributed by atoms with E-state index in [4.69, 9.17) is 14.8 Å². The van der Waals surface area contributed by atoms with Crippen LogP contribution in [0.3, 0.4) is 0 Å². The van der Waals surface area contributed by atoms with E-state index in [1.54, 1.807) is 0 Å². The zero-order chi connectivity index (χ0) is 21.8. The number of nitrogens with one attached hydrogen (secondary N) is 1. The average Bonchev–Trinajstić information content (AvgIpc) is 3.16. The predicted molar refractivity (Wildman–Crippen MR) is 106 cm³/mol. The highest BCUT2D eigenvalue weighted by molar-refractivity contribution is 6.13. The fraction of sp³-hybridized carbons (Fsp3) is 0.526. The van der Waals surface area contributed by atoms with Crippen molar-refractivity contribution in [1.29, 1.82) is 0 Å². The number of benzene rings is 1. The fourth-order valence-corrected chi connectivity index (χ4v) is 3.09. The molecule has 159 valence electrons. The van der Waals surface area contributed by atoms with Gasteiger partial charge >= 0.3 is 19.7 Å². The summed E-state index contributed by atoms with van der Waals surface area (Å²) in [5.41, 5.74) is 0.847. The van der Waals surface area contributed by atoms with Gasteiger partial charge in [-0.05, 0) is 30.7 Å². The number of amides is 2. The molecule has 2 rings (SSSR count). The minimum Gasteiger partial charge on any atom is -0.480 e. The van der Waals surface area contributed by atoms with Crippen LogP contribution >= 0.6 is 0 Å². The van der Waals surface area contributed by atoms with Crippen LogP contribution in [0.4, 0.5) is 4.79 Å². The Kier molecular flexibility index (Phi) is 10.8. The molecule has 2 atom stereocenters. The van der Waals surface area contributed by atoms with Gasteiger partial charge in [-0.25, -0.2) is 9.59 Å². The van der Waals surface area contributed by atoms with Crippen molar-refractivity contribution in [3.63, 3.8) is 0 Å². The van der Waals surface area contributed by atoms with Crippen LogP contribution in [0, 0.1) is 5.92 Å². The Morgan fingerprint density at radius 2 is 1.86 bits per heavy atom. The molecule has 1 fully saturated rings. The van der Waals surface area contributed by atoms with Crippen molar-refractivity contribution in [2.24, 2.45) is 5.92 Å². The van der Waals surface area contributed by atoms with Gasteiger partial charge in [-0.3, -0.25) is 4.79 Å². The number of carbonyl (C=O) groups is 3. The van der Waals surface area contributed by atoms with Crippen molar-refractivity contribution >= 4 is 25.7 Å². The first-order valence-corrected chi connectivity index (χ1v) is 9.40. The number of likely N-dealkylation sites (tertiary alicyclic amines) is 1. The zero-order valence-corrected chi connectivity index (χ0v) is 16.7. The Morgan fingerprint density at radius 3 is 2.41 bits per heavy atom. The Bertz CT molecular complexity index is 657. The largest absolute Gasteiger partial charge is 0.482 e. The Morgan fingerprint density at radius 1 is 1.24 bits per heavy atom. The van der Waals surface area contributed by atoms with Crippen LogP contribution in [0.15, 0.2) is 30.3 Å². The maximum atomic E-state index is 12.8. The second kappa shape index (κ2) is 12.8. The molecule has 0 bridgehead atoms. The van der Waals surface area contributed by atoms with E-state index in [0.717, 1.165) is 5.56 Å². The lowest BCUT2D eigenvalue weighted by molar-refractivity contribution is -0.149. The van der Waals surface area contributed by atoms with Crippen LogP contribution in [-0.2, 0) is 20.9 Å². The summed E-state index contributed by atoms with van der Waals surface area (Å²) in [6.45, 7) is 4.38. The summed E-state index contributed by atoms with van der Waals surface area (Å²) >= 11 is 0. The molecule has 2 amide bonds. The van der Waals surface area contributed by atoms with Gasteiger partial charge < -0.3 is 30.1 Å². The smallest absolute Gasteiger partial charge is 0.480 e. The number of rotatable bonds is 7. The molecule has 1 radical (unpaired) electrons. The molecule has 1 aromatic rings. The number of nitrogens with zero attached hydrogens (tertiary/aromatic N) is 1. The molecule has 1 aliphatic heterocycles. The topological polar surface area (TPSA) is 136 Å². The summed E-state index contributed by atoms with van der Waals surface area (Å²) in [4.78, 5) is 37.6. The third kappa shape index (κ3) is 8.53. The number of aliphatic carboxylic acids is 1. The lowest BCUT2D eigenvalue weighted by atomic mass is 10.0. The van der Waals surface area contributed by atoms with E-state index in [9.17, 15) is 19.5 Å². The highest BCUT2D eigenvalue weighted by Gasteiger charge is 2.37. The summed E-state index contributed by atoms with van der Waals surface area (Å²) in [6.07, 6.45) is 0.824. The zero-order valence-electron chi connectivity index (χ0n) is 16.7. The molecule has 1 heterocycles. The van der Waals surface area contributed by atoms with Gasteiger partial charge in [0.25, 0.3) is 0 Å². The van der Waals surface area contributed by atoms with Crippen molar-refractivity contribution in [3.8, 4) is 0 Å². The van der Waals surface area contributed by atoms with Crippen LogP contribution in [-0.4, -0.2) is 64.3 Å². The quantitative estimate of drug-likeness (QED) is 0.493. The second-order valence-electron chi connectivity index (χ2n) is 7.03. The lowest BCUT2D eigenvalue weighted by Crippen LogP contribution is -2.52. The summed E-state index contributed by atoms with van der Waals surface area (Å²) in [6, 6.07) is 7.63. The number of carboxylic acids is 1. The van der Waals surface area contributed by atoms with Crippen molar-refractivity contribution in [3.05, 3.63) is 35.9 Å². The van der Waals surface area contributed by atoms with E-state index in [1.165, 1.54) is 4.90 Å². The predicted octanol–water partition coefficient (Wildman–Crippen LogP) is 0.908. The Balaban J connectivity index is 0.00000132. The molecule has 1 aliphatic rings. The SMILES string of the molecule is CC(C)CC(NC(=O)OCc1ccccc1)C(=O)N1CCC[C@H]1C(=O)O.O[B]O. The van der Waals surface area contributed by atoms with Gasteiger partial charge in [-0.2, -0.15) is 0 Å². The maximum Gasteiger partial charge on any atom is 0.482 e. The molecular weight excluding hydrogens is 379 g/mol. The van der Waals surface area contributed by atoms with E-state index in [2.05, 4.69) is 5.32 Å². The first kappa shape index (κ1) is 24.5. The summed E-state index contributed by atoms with van der Waals surface area (Å²) < 4.78 is 5.19. The van der Waals surface area contributed by atoms with E-state index >= 15 is 0 Å². The minimum atomic E-state index is -1.01. The van der Waals surface area contributed by atoms with Gasteiger partial charge in [0.2, 0.25) is 5.91 Å². The number of ether oxygens (including phenoxy) is 1. The number of hydrogen-bond donors (Lipinski definition) is 4. The molecule has 0 spiro atoms. The molecule has 1 unspecified atom stereocenters. The third-order valence-electron chi connectivity index (χ3n) is 4.33. The second-order valence-corrected chi connectivity index (χ2v) is 7.03. The lowest BCUT2D eigenvalue weighted by Gasteiger charge is -2.28. The molecular formula is C19H28BN2O7. The van der Waals surface area contributed by atoms with E-state index < -0.39 is 24.1 Å². The van der Waals surface area contributed by atoms with Crippen LogP contribution in [0.2, 0.25) is 0 Å². The molecule has 29 heavy (non-hydrogen) atoms. The fourth-order valence-electron chi connectivity index (χ4n) is 3.09. The molecule has 0 aliphatic carbocycles. The molecule has 1 aromatic carbocycles. The molecule has 4 N–H and O–H groups in total. The van der Waals surface area contributed by atoms with Gasteiger partial charge in [0, 0.05) is 6.54 Å². The van der Waals surface area contributed by atoms with Gasteiger partial charge in [0.05, 0.1) is 0 Å². The highest BCUT2D eigenvalue weighted by Crippen LogP contribution is 2.20. The normalized spacial score (nSPS) is 16.4. The number of carbonyl (C=O) groups excluding carboxylic acids is 2. The Labute approximate surface area is 171 Å². The highest BCUT2D eigenvalue weighted by atomic mass is 16.5. The van der Waals surface area contributed by atoms with Crippen molar-refractivity contribution in [2.45, 2.75) is 51.8 Å². The van der Waals surface area contributed by atoms with Gasteiger partial charge in [0.1, 0.15) is 18.7 Å². The molecule has 9 nitrogen and oxygen atoms in total. The first-order chi connectivity index (χ1) is 13.8. The van der Waals surface area contributed by atoms with Crippen molar-refractivity contribution in [1.82, 2.24) is 10.2 Å². The standard InChI is InChI=1S/C19H26N2O5.BH2O2/c1-13(2)11-15(17(22)21-10-6-9-16(21)18(23)24)20-19(25)26-12-14-7-4-3-5-8-14;2-1-3/h3-5,7-8,13,15-16H,6,9-12H2,1-2H3,(H,20,25)(H,23,24);2-3H/t15?,16-;/m0./s1. The summed E-state index contributed by atoms with van der Waals surface area (Å²) in [7, 11) is 0. The first-order valence-electron chi connectivity index (χ1n) is 9.40. The molecule has 10 heteroatoms. The van der Waals surface area contributed by atoms with Crippen molar-refractivity contribution < 1.29 is 34.3 Å². The van der Waals surface area contributed by atoms with Crippen LogP contribution < -0.4 is 5.32 Å². The van der Waals surface area contributed by atoms with Gasteiger partial charge in [-0.1, -0.05) is 44.2 Å².